The molecule has 0 aliphatic carbocycles. The van der Waals surface area contributed by atoms with Crippen molar-refractivity contribution in [2.45, 2.75) is 13.0 Å². The van der Waals surface area contributed by atoms with Crippen LogP contribution in [0.15, 0.2) is 11.6 Å². The fraction of sp³-hybridized carbons (Fsp3) is 0.375. The van der Waals surface area contributed by atoms with Gasteiger partial charge in [0.15, 0.2) is 0 Å². The first kappa shape index (κ1) is 10.8. The maximum atomic E-state index is 10.9. The average Bonchev–Trinajstić information content (AvgIpc) is 2.76. The SMILES string of the molecule is CC(CO)Nc1nc2sccn2c1[N+](=O)[O-]. The molecule has 1 atom stereocenters. The van der Waals surface area contributed by atoms with Crippen LogP contribution >= 0.6 is 11.3 Å². The highest BCUT2D eigenvalue weighted by Gasteiger charge is 2.24. The number of nitrogens with zero attached hydrogens (tertiary/aromatic N) is 3. The van der Waals surface area contributed by atoms with E-state index >= 15 is 0 Å². The lowest BCUT2D eigenvalue weighted by molar-refractivity contribution is -0.389. The van der Waals surface area contributed by atoms with Crippen LogP contribution in [0.2, 0.25) is 0 Å². The second-order valence-electron chi connectivity index (χ2n) is 3.32. The van der Waals surface area contributed by atoms with E-state index in [0.717, 1.165) is 0 Å². The Morgan fingerprint density at radius 1 is 1.81 bits per heavy atom. The van der Waals surface area contributed by atoms with Gasteiger partial charge in [-0.15, -0.1) is 0 Å². The molecule has 0 aromatic carbocycles. The predicted octanol–water partition coefficient (Wildman–Crippen LogP) is 1.10. The van der Waals surface area contributed by atoms with Crippen molar-refractivity contribution in [2.75, 3.05) is 11.9 Å². The number of nitro groups is 1. The van der Waals surface area contributed by atoms with Gasteiger partial charge in [-0.2, -0.15) is 9.38 Å². The number of anilines is 1. The number of hydrogen-bond acceptors (Lipinski definition) is 6. The Balaban J connectivity index is 2.47. The van der Waals surface area contributed by atoms with E-state index in [2.05, 4.69) is 10.3 Å². The summed E-state index contributed by atoms with van der Waals surface area (Å²) in [5.74, 6) is 0.0925. The summed E-state index contributed by atoms with van der Waals surface area (Å²) in [6.45, 7) is 1.61. The van der Waals surface area contributed by atoms with E-state index in [0.29, 0.717) is 4.96 Å². The molecule has 86 valence electrons. The van der Waals surface area contributed by atoms with Gasteiger partial charge in [0.1, 0.15) is 6.20 Å². The number of aromatic nitrogens is 2. The molecule has 0 fully saturated rings. The third kappa shape index (κ3) is 1.72. The molecule has 2 aromatic rings. The van der Waals surface area contributed by atoms with Gasteiger partial charge in [0, 0.05) is 11.4 Å². The minimum atomic E-state index is -0.487. The van der Waals surface area contributed by atoms with Crippen molar-refractivity contribution in [1.29, 1.82) is 0 Å². The van der Waals surface area contributed by atoms with Crippen LogP contribution in [0, 0.1) is 10.1 Å². The minimum absolute atomic E-state index is 0.100. The Bertz CT molecular complexity index is 520. The molecule has 0 amide bonds. The van der Waals surface area contributed by atoms with Crippen LogP contribution in [-0.4, -0.2) is 32.1 Å². The number of fused-ring (bicyclic) bond motifs is 1. The summed E-state index contributed by atoms with van der Waals surface area (Å²) < 4.78 is 1.41. The van der Waals surface area contributed by atoms with Crippen LogP contribution in [0.3, 0.4) is 0 Å². The third-order valence-electron chi connectivity index (χ3n) is 2.07. The lowest BCUT2D eigenvalue weighted by atomic mass is 10.3. The third-order valence-corrected chi connectivity index (χ3v) is 2.82. The van der Waals surface area contributed by atoms with Gasteiger partial charge in [-0.05, 0) is 11.8 Å². The van der Waals surface area contributed by atoms with Crippen LogP contribution in [0.5, 0.6) is 0 Å². The van der Waals surface area contributed by atoms with Crippen LogP contribution in [0.1, 0.15) is 6.92 Å². The molecule has 2 aromatic heterocycles. The molecule has 0 saturated carbocycles. The smallest absolute Gasteiger partial charge is 0.372 e. The summed E-state index contributed by atoms with van der Waals surface area (Å²) in [5, 5.41) is 24.3. The lowest BCUT2D eigenvalue weighted by Crippen LogP contribution is -2.20. The first-order valence-corrected chi connectivity index (χ1v) is 5.48. The van der Waals surface area contributed by atoms with Gasteiger partial charge >= 0.3 is 5.82 Å². The topological polar surface area (TPSA) is 92.7 Å². The highest BCUT2D eigenvalue weighted by Crippen LogP contribution is 2.28. The maximum Gasteiger partial charge on any atom is 0.372 e. The molecule has 1 unspecified atom stereocenters. The van der Waals surface area contributed by atoms with E-state index in [-0.39, 0.29) is 24.3 Å². The van der Waals surface area contributed by atoms with E-state index in [1.165, 1.54) is 15.7 Å². The number of nitrogens with one attached hydrogen (secondary N) is 1. The van der Waals surface area contributed by atoms with Crippen LogP contribution in [0.4, 0.5) is 11.6 Å². The van der Waals surface area contributed by atoms with Gasteiger partial charge in [0.2, 0.25) is 5.82 Å². The zero-order chi connectivity index (χ0) is 11.7. The number of imidazole rings is 1. The van der Waals surface area contributed by atoms with Gasteiger partial charge < -0.3 is 20.5 Å². The van der Waals surface area contributed by atoms with Crippen LogP contribution in [0.25, 0.3) is 4.96 Å². The van der Waals surface area contributed by atoms with Gasteiger partial charge in [-0.25, -0.2) is 0 Å². The standard InChI is InChI=1S/C8H10N4O3S/c1-5(4-13)9-6-7(12(14)15)11-2-3-16-8(11)10-6/h2-3,5,9,13H,4H2,1H3. The molecular weight excluding hydrogens is 232 g/mol. The number of thiazole rings is 1. The molecule has 2 N–H and O–H groups in total. The molecule has 8 heteroatoms. The summed E-state index contributed by atoms with van der Waals surface area (Å²) in [5.41, 5.74) is 0. The number of aliphatic hydroxyl groups excluding tert-OH is 1. The number of rotatable bonds is 4. The fourth-order valence-corrected chi connectivity index (χ4v) is 2.03. The van der Waals surface area contributed by atoms with E-state index < -0.39 is 4.92 Å². The van der Waals surface area contributed by atoms with Crippen molar-refractivity contribution in [1.82, 2.24) is 9.38 Å². The molecule has 7 nitrogen and oxygen atoms in total. The van der Waals surface area contributed by atoms with Crippen molar-refractivity contribution in [3.63, 3.8) is 0 Å². The lowest BCUT2D eigenvalue weighted by Gasteiger charge is -2.08. The van der Waals surface area contributed by atoms with Crippen molar-refractivity contribution in [2.24, 2.45) is 0 Å². The van der Waals surface area contributed by atoms with Crippen LogP contribution in [-0.2, 0) is 0 Å². The van der Waals surface area contributed by atoms with Crippen molar-refractivity contribution >= 4 is 27.9 Å². The molecular formula is C8H10N4O3S. The molecule has 0 radical (unpaired) electrons. The maximum absolute atomic E-state index is 10.9. The Morgan fingerprint density at radius 3 is 3.19 bits per heavy atom. The molecule has 0 aliphatic rings. The quantitative estimate of drug-likeness (QED) is 0.618. The van der Waals surface area contributed by atoms with Crippen molar-refractivity contribution < 1.29 is 10.0 Å². The highest BCUT2D eigenvalue weighted by atomic mass is 32.1. The first-order valence-electron chi connectivity index (χ1n) is 4.61. The van der Waals surface area contributed by atoms with Crippen molar-refractivity contribution in [3.8, 4) is 0 Å². The first-order chi connectivity index (χ1) is 7.63. The molecule has 16 heavy (non-hydrogen) atoms. The normalized spacial score (nSPS) is 12.9. The average molecular weight is 242 g/mol. The van der Waals surface area contributed by atoms with Gasteiger partial charge in [0.25, 0.3) is 4.96 Å². The molecule has 0 bridgehead atoms. The predicted molar refractivity (Wildman–Crippen MR) is 59.9 cm³/mol. The summed E-state index contributed by atoms with van der Waals surface area (Å²) in [6.07, 6.45) is 1.60. The van der Waals surface area contributed by atoms with E-state index in [4.69, 9.17) is 5.11 Å². The van der Waals surface area contributed by atoms with Gasteiger partial charge in [0.05, 0.1) is 6.61 Å². The Hall–Kier alpha value is -1.67. The second kappa shape index (κ2) is 4.06. The zero-order valence-corrected chi connectivity index (χ0v) is 9.27. The van der Waals surface area contributed by atoms with Crippen molar-refractivity contribution in [3.05, 3.63) is 21.7 Å². The Morgan fingerprint density at radius 2 is 2.56 bits per heavy atom. The summed E-state index contributed by atoms with van der Waals surface area (Å²) in [6, 6.07) is -0.275. The molecule has 2 rings (SSSR count). The molecule has 0 saturated heterocycles. The fourth-order valence-electron chi connectivity index (χ4n) is 1.32. The number of aliphatic hydroxyl groups is 1. The Labute approximate surface area is 94.5 Å². The largest absolute Gasteiger partial charge is 0.394 e. The monoisotopic (exact) mass is 242 g/mol. The van der Waals surface area contributed by atoms with Gasteiger partial charge in [-0.3, -0.25) is 0 Å². The molecule has 0 spiro atoms. The highest BCUT2D eigenvalue weighted by molar-refractivity contribution is 7.15. The molecule has 0 aliphatic heterocycles. The minimum Gasteiger partial charge on any atom is -0.394 e. The second-order valence-corrected chi connectivity index (χ2v) is 4.20. The number of hydrogen-bond donors (Lipinski definition) is 2. The van der Waals surface area contributed by atoms with E-state index in [9.17, 15) is 10.1 Å². The van der Waals surface area contributed by atoms with E-state index in [1.54, 1.807) is 18.5 Å². The zero-order valence-electron chi connectivity index (χ0n) is 8.45. The molecule has 2 heterocycles. The summed E-state index contributed by atoms with van der Waals surface area (Å²) in [4.78, 5) is 15.1. The van der Waals surface area contributed by atoms with E-state index in [1.807, 2.05) is 0 Å². The van der Waals surface area contributed by atoms with Gasteiger partial charge in [-0.1, -0.05) is 11.3 Å². The summed E-state index contributed by atoms with van der Waals surface area (Å²) in [7, 11) is 0. The summed E-state index contributed by atoms with van der Waals surface area (Å²) >= 11 is 1.32. The van der Waals surface area contributed by atoms with Crippen LogP contribution < -0.4 is 5.32 Å². The Kier molecular flexibility index (Phi) is 2.75.